The molecule has 1 fully saturated rings. The molecule has 0 bridgehead atoms. The summed E-state index contributed by atoms with van der Waals surface area (Å²) in [6, 6.07) is 11.7. The number of benzene rings is 1. The van der Waals surface area contributed by atoms with Gasteiger partial charge in [0.1, 0.15) is 12.4 Å². The van der Waals surface area contributed by atoms with Crippen molar-refractivity contribution in [2.24, 2.45) is 0 Å². The Morgan fingerprint density at radius 1 is 0.938 bits per heavy atom. The lowest BCUT2D eigenvalue weighted by Crippen LogP contribution is -2.42. The number of nitrogens with zero attached hydrogens (tertiary/aromatic N) is 2. The zero-order valence-corrected chi connectivity index (χ0v) is 18.3. The van der Waals surface area contributed by atoms with E-state index in [1.165, 1.54) is 34.8 Å². The predicted octanol–water partition coefficient (Wildman–Crippen LogP) is 3.19. The Kier molecular flexibility index (Phi) is 6.42. The van der Waals surface area contributed by atoms with Crippen molar-refractivity contribution in [1.82, 2.24) is 15.1 Å². The molecule has 1 atom stereocenters. The first-order valence-electron chi connectivity index (χ1n) is 9.72. The van der Waals surface area contributed by atoms with Crippen molar-refractivity contribution in [3.8, 4) is 0 Å². The third-order valence-corrected chi connectivity index (χ3v) is 6.81. The summed E-state index contributed by atoms with van der Waals surface area (Å²) in [5.41, 5.74) is 0.648. The van der Waals surface area contributed by atoms with Crippen LogP contribution in [-0.2, 0) is 20.8 Å². The highest BCUT2D eigenvalue weighted by Crippen LogP contribution is 2.26. The Balaban J connectivity index is 1.44. The Bertz CT molecular complexity index is 1130. The van der Waals surface area contributed by atoms with Crippen LogP contribution in [0.2, 0.25) is 0 Å². The van der Waals surface area contributed by atoms with Crippen LogP contribution in [0.3, 0.4) is 0 Å². The summed E-state index contributed by atoms with van der Waals surface area (Å²) in [5.74, 6) is -2.97. The fourth-order valence-corrected chi connectivity index (χ4v) is 4.84. The summed E-state index contributed by atoms with van der Waals surface area (Å²) in [7, 11) is 0. The van der Waals surface area contributed by atoms with Gasteiger partial charge in [-0.15, -0.1) is 22.7 Å². The Hall–Kier alpha value is -3.37. The standard InChI is InChI=1S/C22H18FN3O4S2/c23-15-7-5-14(6-8-15)19(17-4-2-12-32-17)24-18(27)13-26-21(29)20(28)25(22(26)30)10-9-16-3-1-11-31-16/h1-8,11-12,19H,9-10,13H2,(H,24,27)/t19-/m1/s1. The molecule has 1 N–H and O–H groups in total. The topological polar surface area (TPSA) is 86.8 Å². The third kappa shape index (κ3) is 4.61. The summed E-state index contributed by atoms with van der Waals surface area (Å²) < 4.78 is 13.3. The predicted molar refractivity (Wildman–Crippen MR) is 118 cm³/mol. The lowest BCUT2D eigenvalue weighted by atomic mass is 10.1. The van der Waals surface area contributed by atoms with Crippen molar-refractivity contribution in [3.63, 3.8) is 0 Å². The molecule has 10 heteroatoms. The van der Waals surface area contributed by atoms with Crippen molar-refractivity contribution in [3.05, 3.63) is 80.4 Å². The van der Waals surface area contributed by atoms with Gasteiger partial charge < -0.3 is 5.32 Å². The molecule has 32 heavy (non-hydrogen) atoms. The molecule has 164 valence electrons. The highest BCUT2D eigenvalue weighted by atomic mass is 32.1. The van der Waals surface area contributed by atoms with Gasteiger partial charge in [-0.1, -0.05) is 24.3 Å². The Labute approximate surface area is 191 Å². The van der Waals surface area contributed by atoms with Crippen molar-refractivity contribution in [2.75, 3.05) is 13.1 Å². The van der Waals surface area contributed by atoms with Crippen LogP contribution in [0.15, 0.2) is 59.3 Å². The number of halogens is 1. The van der Waals surface area contributed by atoms with E-state index in [-0.39, 0.29) is 6.54 Å². The normalized spacial score (nSPS) is 14.8. The summed E-state index contributed by atoms with van der Waals surface area (Å²) >= 11 is 2.90. The van der Waals surface area contributed by atoms with E-state index in [1.54, 1.807) is 12.1 Å². The van der Waals surface area contributed by atoms with E-state index in [4.69, 9.17) is 0 Å². The molecular formula is C22H18FN3O4S2. The van der Waals surface area contributed by atoms with Gasteiger partial charge in [-0.3, -0.25) is 19.3 Å². The van der Waals surface area contributed by atoms with Gasteiger partial charge in [0, 0.05) is 22.7 Å². The Morgan fingerprint density at radius 3 is 2.28 bits per heavy atom. The van der Waals surface area contributed by atoms with Crippen molar-refractivity contribution < 1.29 is 23.6 Å². The molecule has 0 aliphatic carbocycles. The second-order valence-electron chi connectivity index (χ2n) is 7.03. The van der Waals surface area contributed by atoms with Gasteiger partial charge in [-0.2, -0.15) is 0 Å². The number of hydrogen-bond acceptors (Lipinski definition) is 6. The van der Waals surface area contributed by atoms with E-state index < -0.39 is 42.2 Å². The average Bonchev–Trinajstić information content (AvgIpc) is 3.53. The van der Waals surface area contributed by atoms with Crippen LogP contribution in [0.4, 0.5) is 9.18 Å². The van der Waals surface area contributed by atoms with Crippen LogP contribution < -0.4 is 5.32 Å². The fourth-order valence-electron chi connectivity index (χ4n) is 3.34. The monoisotopic (exact) mass is 471 g/mol. The maximum absolute atomic E-state index is 13.3. The van der Waals surface area contributed by atoms with E-state index >= 15 is 0 Å². The number of urea groups is 1. The van der Waals surface area contributed by atoms with E-state index in [2.05, 4.69) is 5.32 Å². The highest BCUT2D eigenvalue weighted by Gasteiger charge is 2.45. The van der Waals surface area contributed by atoms with Gasteiger partial charge in [-0.05, 0) is 40.6 Å². The van der Waals surface area contributed by atoms with Gasteiger partial charge in [0.25, 0.3) is 0 Å². The molecule has 4 rings (SSSR count). The molecule has 0 spiro atoms. The first-order valence-corrected chi connectivity index (χ1v) is 11.5. The van der Waals surface area contributed by atoms with Gasteiger partial charge >= 0.3 is 17.8 Å². The zero-order chi connectivity index (χ0) is 22.7. The van der Waals surface area contributed by atoms with Crippen LogP contribution in [-0.4, -0.2) is 46.6 Å². The van der Waals surface area contributed by atoms with Crippen molar-refractivity contribution in [1.29, 1.82) is 0 Å². The lowest BCUT2D eigenvalue weighted by molar-refractivity contribution is -0.144. The maximum atomic E-state index is 13.3. The molecule has 1 saturated heterocycles. The minimum Gasteiger partial charge on any atom is -0.343 e. The summed E-state index contributed by atoms with van der Waals surface area (Å²) in [6.45, 7) is -0.516. The summed E-state index contributed by atoms with van der Waals surface area (Å²) in [5, 5.41) is 6.51. The number of carbonyl (C=O) groups excluding carboxylic acids is 4. The smallest absolute Gasteiger partial charge is 0.334 e. The number of amides is 5. The van der Waals surface area contributed by atoms with Gasteiger partial charge in [0.15, 0.2) is 0 Å². The van der Waals surface area contributed by atoms with Crippen molar-refractivity contribution >= 4 is 46.4 Å². The molecule has 0 unspecified atom stereocenters. The molecule has 0 radical (unpaired) electrons. The molecule has 3 aromatic rings. The van der Waals surface area contributed by atoms with Gasteiger partial charge in [0.2, 0.25) is 5.91 Å². The number of imide groups is 2. The molecule has 7 nitrogen and oxygen atoms in total. The van der Waals surface area contributed by atoms with Gasteiger partial charge in [-0.25, -0.2) is 14.1 Å². The minimum absolute atomic E-state index is 0.0649. The first kappa shape index (κ1) is 21.8. The van der Waals surface area contributed by atoms with E-state index in [0.717, 1.165) is 14.7 Å². The molecule has 1 aromatic carbocycles. The van der Waals surface area contributed by atoms with Crippen molar-refractivity contribution in [2.45, 2.75) is 12.5 Å². The molecule has 2 aromatic heterocycles. The quantitative estimate of drug-likeness (QED) is 0.404. The van der Waals surface area contributed by atoms with Crippen LogP contribution in [0, 0.1) is 5.82 Å². The lowest BCUT2D eigenvalue weighted by Gasteiger charge is -2.20. The van der Waals surface area contributed by atoms with Crippen LogP contribution >= 0.6 is 22.7 Å². The van der Waals surface area contributed by atoms with Crippen LogP contribution in [0.25, 0.3) is 0 Å². The molecule has 1 aliphatic heterocycles. The minimum atomic E-state index is -1.02. The molecule has 3 heterocycles. The maximum Gasteiger partial charge on any atom is 0.334 e. The highest BCUT2D eigenvalue weighted by molar-refractivity contribution is 7.10. The van der Waals surface area contributed by atoms with E-state index in [9.17, 15) is 23.6 Å². The molecule has 1 aliphatic rings. The number of thiophene rings is 2. The fraction of sp³-hybridized carbons (Fsp3) is 0.182. The van der Waals surface area contributed by atoms with Gasteiger partial charge in [0.05, 0.1) is 6.04 Å². The summed E-state index contributed by atoms with van der Waals surface area (Å²) in [4.78, 5) is 53.3. The van der Waals surface area contributed by atoms with Crippen LogP contribution in [0.5, 0.6) is 0 Å². The Morgan fingerprint density at radius 2 is 1.62 bits per heavy atom. The molecule has 0 saturated carbocycles. The number of hydrogen-bond donors (Lipinski definition) is 1. The van der Waals surface area contributed by atoms with E-state index in [0.29, 0.717) is 16.9 Å². The van der Waals surface area contributed by atoms with Crippen LogP contribution in [0.1, 0.15) is 21.4 Å². The summed E-state index contributed by atoms with van der Waals surface area (Å²) in [6.07, 6.45) is 0.438. The van der Waals surface area contributed by atoms with E-state index in [1.807, 2.05) is 35.0 Å². The number of nitrogens with one attached hydrogen (secondary N) is 1. The molecular weight excluding hydrogens is 453 g/mol. The number of carbonyl (C=O) groups is 4. The average molecular weight is 472 g/mol. The second-order valence-corrected chi connectivity index (χ2v) is 9.04. The number of rotatable bonds is 8. The SMILES string of the molecule is O=C(CN1C(=O)C(=O)N(CCc2cccs2)C1=O)N[C@H](c1ccc(F)cc1)c1cccs1. The third-order valence-electron chi connectivity index (χ3n) is 4.94. The largest absolute Gasteiger partial charge is 0.343 e. The first-order chi connectivity index (χ1) is 15.4. The second kappa shape index (κ2) is 9.41. The zero-order valence-electron chi connectivity index (χ0n) is 16.7. The molecule has 5 amide bonds.